The molecule has 1 aromatic heterocycles. The molecule has 0 bridgehead atoms. The SMILES string of the molecule is Cc1cnn(CCS(=O)(=O)c2ccc(C(=N)N)cc2)c1. The molecule has 1 aromatic carbocycles. The number of rotatable bonds is 5. The monoisotopic (exact) mass is 292 g/mol. The second-order valence-electron chi connectivity index (χ2n) is 4.54. The van der Waals surface area contributed by atoms with Gasteiger partial charge in [-0.2, -0.15) is 5.10 Å². The second-order valence-corrected chi connectivity index (χ2v) is 6.65. The van der Waals surface area contributed by atoms with Crippen LogP contribution in [-0.2, 0) is 16.4 Å². The maximum atomic E-state index is 12.2. The van der Waals surface area contributed by atoms with Crippen LogP contribution in [0.4, 0.5) is 0 Å². The van der Waals surface area contributed by atoms with E-state index in [4.69, 9.17) is 11.1 Å². The van der Waals surface area contributed by atoms with Crippen molar-refractivity contribution in [2.45, 2.75) is 18.4 Å². The van der Waals surface area contributed by atoms with E-state index in [1.54, 1.807) is 17.1 Å². The van der Waals surface area contributed by atoms with E-state index in [9.17, 15) is 8.42 Å². The van der Waals surface area contributed by atoms with Crippen molar-refractivity contribution in [1.82, 2.24) is 9.78 Å². The molecular formula is C13H16N4O2S. The van der Waals surface area contributed by atoms with Gasteiger partial charge >= 0.3 is 0 Å². The molecule has 6 nitrogen and oxygen atoms in total. The minimum absolute atomic E-state index is 0.0203. The van der Waals surface area contributed by atoms with Crippen LogP contribution in [0.15, 0.2) is 41.6 Å². The Morgan fingerprint density at radius 2 is 2.00 bits per heavy atom. The number of sulfone groups is 1. The standard InChI is InChI=1S/C13H16N4O2S/c1-10-8-16-17(9-10)6-7-20(18,19)12-4-2-11(3-5-12)13(14)15/h2-5,8-9H,6-7H2,1H3,(H3,14,15). The predicted octanol–water partition coefficient (Wildman–Crippen LogP) is 0.949. The number of nitrogens with one attached hydrogen (secondary N) is 1. The molecule has 0 amide bonds. The molecule has 0 aliphatic carbocycles. The maximum Gasteiger partial charge on any atom is 0.180 e. The van der Waals surface area contributed by atoms with E-state index < -0.39 is 9.84 Å². The number of nitrogen functional groups attached to an aromatic ring is 1. The molecule has 7 heteroatoms. The van der Waals surface area contributed by atoms with Gasteiger partial charge in [0.05, 0.1) is 23.4 Å². The summed E-state index contributed by atoms with van der Waals surface area (Å²) in [5, 5.41) is 11.3. The molecular weight excluding hydrogens is 276 g/mol. The summed E-state index contributed by atoms with van der Waals surface area (Å²) >= 11 is 0. The van der Waals surface area contributed by atoms with Crippen molar-refractivity contribution in [3.05, 3.63) is 47.8 Å². The quantitative estimate of drug-likeness (QED) is 0.632. The van der Waals surface area contributed by atoms with Crippen molar-refractivity contribution in [2.24, 2.45) is 5.73 Å². The lowest BCUT2D eigenvalue weighted by Gasteiger charge is -2.06. The molecule has 2 rings (SSSR count). The van der Waals surface area contributed by atoms with E-state index in [2.05, 4.69) is 5.10 Å². The van der Waals surface area contributed by atoms with Gasteiger partial charge in [-0.05, 0) is 24.6 Å². The van der Waals surface area contributed by atoms with Crippen molar-refractivity contribution in [2.75, 3.05) is 5.75 Å². The Kier molecular flexibility index (Phi) is 3.89. The van der Waals surface area contributed by atoms with Crippen LogP contribution in [0.1, 0.15) is 11.1 Å². The normalized spacial score (nSPS) is 11.4. The average Bonchev–Trinajstić information content (AvgIpc) is 2.82. The van der Waals surface area contributed by atoms with Crippen molar-refractivity contribution in [3.63, 3.8) is 0 Å². The largest absolute Gasteiger partial charge is 0.384 e. The van der Waals surface area contributed by atoms with E-state index in [0.717, 1.165) is 5.56 Å². The molecule has 20 heavy (non-hydrogen) atoms. The third kappa shape index (κ3) is 3.24. The predicted molar refractivity (Wildman–Crippen MR) is 76.5 cm³/mol. The van der Waals surface area contributed by atoms with E-state index in [1.807, 2.05) is 6.92 Å². The van der Waals surface area contributed by atoms with Crippen LogP contribution in [0.3, 0.4) is 0 Å². The molecule has 0 saturated carbocycles. The van der Waals surface area contributed by atoms with E-state index in [1.165, 1.54) is 24.3 Å². The van der Waals surface area contributed by atoms with E-state index in [0.29, 0.717) is 12.1 Å². The van der Waals surface area contributed by atoms with Crippen molar-refractivity contribution in [1.29, 1.82) is 5.41 Å². The van der Waals surface area contributed by atoms with Crippen LogP contribution in [0.25, 0.3) is 0 Å². The Labute approximate surface area is 117 Å². The van der Waals surface area contributed by atoms with Gasteiger partial charge in [-0.25, -0.2) is 8.42 Å². The molecule has 0 spiro atoms. The van der Waals surface area contributed by atoms with Crippen LogP contribution in [0, 0.1) is 12.3 Å². The fourth-order valence-electron chi connectivity index (χ4n) is 1.76. The highest BCUT2D eigenvalue weighted by atomic mass is 32.2. The smallest absolute Gasteiger partial charge is 0.180 e. The Balaban J connectivity index is 2.11. The molecule has 1 heterocycles. The van der Waals surface area contributed by atoms with Crippen LogP contribution >= 0.6 is 0 Å². The van der Waals surface area contributed by atoms with Crippen LogP contribution in [0.5, 0.6) is 0 Å². The number of aryl methyl sites for hydroxylation is 2. The zero-order valence-electron chi connectivity index (χ0n) is 11.1. The Bertz CT molecular complexity index is 717. The van der Waals surface area contributed by atoms with Gasteiger partial charge in [0.1, 0.15) is 5.84 Å². The molecule has 0 radical (unpaired) electrons. The number of aromatic nitrogens is 2. The highest BCUT2D eigenvalue weighted by Crippen LogP contribution is 2.13. The Morgan fingerprint density at radius 3 is 2.50 bits per heavy atom. The lowest BCUT2D eigenvalue weighted by molar-refractivity contribution is 0.580. The molecule has 0 unspecified atom stereocenters. The van der Waals surface area contributed by atoms with Gasteiger partial charge in [-0.1, -0.05) is 12.1 Å². The molecule has 0 aliphatic rings. The first-order chi connectivity index (χ1) is 9.38. The summed E-state index contributed by atoms with van der Waals surface area (Å²) in [6, 6.07) is 6.02. The van der Waals surface area contributed by atoms with Crippen LogP contribution < -0.4 is 5.73 Å². The van der Waals surface area contributed by atoms with E-state index in [-0.39, 0.29) is 16.5 Å². The highest BCUT2D eigenvalue weighted by Gasteiger charge is 2.14. The van der Waals surface area contributed by atoms with Gasteiger partial charge in [0.2, 0.25) is 0 Å². The van der Waals surface area contributed by atoms with Crippen molar-refractivity contribution >= 4 is 15.7 Å². The van der Waals surface area contributed by atoms with Gasteiger partial charge in [0.15, 0.2) is 9.84 Å². The van der Waals surface area contributed by atoms with Crippen molar-refractivity contribution < 1.29 is 8.42 Å². The number of hydrogen-bond acceptors (Lipinski definition) is 4. The minimum atomic E-state index is -3.36. The number of nitrogens with zero attached hydrogens (tertiary/aromatic N) is 2. The summed E-state index contributed by atoms with van der Waals surface area (Å²) in [5.74, 6) is -0.103. The zero-order valence-corrected chi connectivity index (χ0v) is 11.9. The first kappa shape index (κ1) is 14.3. The fraction of sp³-hybridized carbons (Fsp3) is 0.231. The molecule has 0 fully saturated rings. The topological polar surface area (TPSA) is 102 Å². The summed E-state index contributed by atoms with van der Waals surface area (Å²) in [5.41, 5.74) is 6.83. The molecule has 0 saturated heterocycles. The first-order valence-corrected chi connectivity index (χ1v) is 7.70. The third-order valence-electron chi connectivity index (χ3n) is 2.88. The van der Waals surface area contributed by atoms with Crippen molar-refractivity contribution in [3.8, 4) is 0 Å². The third-order valence-corrected chi connectivity index (χ3v) is 4.59. The maximum absolute atomic E-state index is 12.2. The van der Waals surface area contributed by atoms with Crippen LogP contribution in [-0.4, -0.2) is 29.8 Å². The Hall–Kier alpha value is -2.15. The molecule has 0 aliphatic heterocycles. The zero-order chi connectivity index (χ0) is 14.8. The molecule has 106 valence electrons. The minimum Gasteiger partial charge on any atom is -0.384 e. The van der Waals surface area contributed by atoms with Gasteiger partial charge in [0.25, 0.3) is 0 Å². The van der Waals surface area contributed by atoms with Gasteiger partial charge in [0, 0.05) is 11.8 Å². The summed E-state index contributed by atoms with van der Waals surface area (Å²) in [4.78, 5) is 0.228. The van der Waals surface area contributed by atoms with E-state index >= 15 is 0 Å². The van der Waals surface area contributed by atoms with Crippen LogP contribution in [0.2, 0.25) is 0 Å². The number of hydrogen-bond donors (Lipinski definition) is 2. The van der Waals surface area contributed by atoms with Gasteiger partial charge in [-0.15, -0.1) is 0 Å². The summed E-state index contributed by atoms with van der Waals surface area (Å²) in [6.07, 6.45) is 3.49. The summed E-state index contributed by atoms with van der Waals surface area (Å²) < 4.78 is 25.9. The highest BCUT2D eigenvalue weighted by molar-refractivity contribution is 7.91. The Morgan fingerprint density at radius 1 is 1.35 bits per heavy atom. The lowest BCUT2D eigenvalue weighted by Crippen LogP contribution is -2.14. The van der Waals surface area contributed by atoms with Gasteiger partial charge < -0.3 is 5.73 Å². The molecule has 3 N–H and O–H groups in total. The average molecular weight is 292 g/mol. The number of benzene rings is 1. The second kappa shape index (κ2) is 5.46. The number of nitrogens with two attached hydrogens (primary N) is 1. The lowest BCUT2D eigenvalue weighted by atomic mass is 10.2. The summed E-state index contributed by atoms with van der Waals surface area (Å²) in [7, 11) is -3.36. The van der Waals surface area contributed by atoms with Gasteiger partial charge in [-0.3, -0.25) is 10.1 Å². The molecule has 2 aromatic rings. The molecule has 0 atom stereocenters. The summed E-state index contributed by atoms with van der Waals surface area (Å²) in [6.45, 7) is 2.21. The first-order valence-electron chi connectivity index (χ1n) is 6.05. The fourth-order valence-corrected chi connectivity index (χ4v) is 2.98. The number of amidine groups is 1.